The lowest BCUT2D eigenvalue weighted by atomic mass is 10.1. The third kappa shape index (κ3) is 2.92. The third-order valence-electron chi connectivity index (χ3n) is 3.56. The second kappa shape index (κ2) is 5.40. The van der Waals surface area contributed by atoms with Gasteiger partial charge in [-0.05, 0) is 24.6 Å². The first-order chi connectivity index (χ1) is 9.32. The summed E-state index contributed by atoms with van der Waals surface area (Å²) >= 11 is 0. The van der Waals surface area contributed by atoms with Crippen LogP contribution in [0, 0.1) is 0 Å². The van der Waals surface area contributed by atoms with Gasteiger partial charge in [-0.3, -0.25) is 4.79 Å². The van der Waals surface area contributed by atoms with Crippen molar-refractivity contribution >= 4 is 16.1 Å². The standard InChI is InChI=1S/C13H16FNO4S/c1-9(10-4-3-5-11(6-10)19-2)15-8-12(7-13(15)16)20(14,17)18/h3-6,9,12H,7-8H2,1-2H3. The van der Waals surface area contributed by atoms with E-state index in [1.807, 2.05) is 6.07 Å². The van der Waals surface area contributed by atoms with Crippen molar-refractivity contribution in [3.05, 3.63) is 29.8 Å². The number of carbonyl (C=O) groups is 1. The molecule has 1 aromatic rings. The van der Waals surface area contributed by atoms with Crippen LogP contribution < -0.4 is 4.74 Å². The number of ether oxygens (including phenoxy) is 1. The number of hydrogen-bond donors (Lipinski definition) is 0. The van der Waals surface area contributed by atoms with E-state index < -0.39 is 15.5 Å². The van der Waals surface area contributed by atoms with Crippen LogP contribution in [0.1, 0.15) is 24.9 Å². The highest BCUT2D eigenvalue weighted by molar-refractivity contribution is 7.87. The zero-order valence-corrected chi connectivity index (χ0v) is 12.1. The lowest BCUT2D eigenvalue weighted by molar-refractivity contribution is -0.129. The molecule has 0 aromatic heterocycles. The first kappa shape index (κ1) is 14.8. The third-order valence-corrected chi connectivity index (χ3v) is 4.68. The molecule has 0 bridgehead atoms. The molecule has 110 valence electrons. The highest BCUT2D eigenvalue weighted by Crippen LogP contribution is 2.30. The SMILES string of the molecule is COc1cccc(C(C)N2CC(S(=O)(=O)F)CC2=O)c1. The Labute approximate surface area is 117 Å². The van der Waals surface area contributed by atoms with Crippen molar-refractivity contribution in [2.75, 3.05) is 13.7 Å². The van der Waals surface area contributed by atoms with Crippen LogP contribution >= 0.6 is 0 Å². The van der Waals surface area contributed by atoms with E-state index in [9.17, 15) is 17.1 Å². The lowest BCUT2D eigenvalue weighted by Crippen LogP contribution is -2.30. The molecule has 5 nitrogen and oxygen atoms in total. The summed E-state index contributed by atoms with van der Waals surface area (Å²) in [7, 11) is -3.15. The molecule has 1 aliphatic rings. The Balaban J connectivity index is 2.21. The van der Waals surface area contributed by atoms with Crippen LogP contribution in [-0.2, 0) is 15.0 Å². The van der Waals surface area contributed by atoms with Gasteiger partial charge in [0.25, 0.3) is 0 Å². The van der Waals surface area contributed by atoms with E-state index in [2.05, 4.69) is 0 Å². The van der Waals surface area contributed by atoms with E-state index >= 15 is 0 Å². The maximum atomic E-state index is 13.0. The number of rotatable bonds is 4. The smallest absolute Gasteiger partial charge is 0.307 e. The Morgan fingerprint density at radius 1 is 1.45 bits per heavy atom. The first-order valence-electron chi connectivity index (χ1n) is 6.20. The van der Waals surface area contributed by atoms with Gasteiger partial charge in [-0.1, -0.05) is 12.1 Å². The van der Waals surface area contributed by atoms with Gasteiger partial charge in [0.05, 0.1) is 13.2 Å². The van der Waals surface area contributed by atoms with Gasteiger partial charge in [-0.15, -0.1) is 3.89 Å². The van der Waals surface area contributed by atoms with E-state index in [1.165, 1.54) is 12.0 Å². The number of methoxy groups -OCH3 is 1. The van der Waals surface area contributed by atoms with Crippen LogP contribution in [0.15, 0.2) is 24.3 Å². The molecule has 1 fully saturated rings. The Morgan fingerprint density at radius 3 is 2.70 bits per heavy atom. The Hall–Kier alpha value is -1.63. The number of hydrogen-bond acceptors (Lipinski definition) is 4. The predicted octanol–water partition coefficient (Wildman–Crippen LogP) is 1.66. The molecular weight excluding hydrogens is 285 g/mol. The van der Waals surface area contributed by atoms with Crippen molar-refractivity contribution in [3.63, 3.8) is 0 Å². The fourth-order valence-electron chi connectivity index (χ4n) is 2.34. The molecule has 1 heterocycles. The summed E-state index contributed by atoms with van der Waals surface area (Å²) in [6.07, 6.45) is -0.298. The summed E-state index contributed by atoms with van der Waals surface area (Å²) in [4.78, 5) is 13.2. The quantitative estimate of drug-likeness (QED) is 0.793. The Bertz CT molecular complexity index is 617. The van der Waals surface area contributed by atoms with Crippen LogP contribution in [0.2, 0.25) is 0 Å². The summed E-state index contributed by atoms with van der Waals surface area (Å²) < 4.78 is 39.9. The van der Waals surface area contributed by atoms with Crippen LogP contribution in [0.5, 0.6) is 5.75 Å². The van der Waals surface area contributed by atoms with Crippen LogP contribution in [0.3, 0.4) is 0 Å². The number of halogens is 1. The molecule has 2 unspecified atom stereocenters. The van der Waals surface area contributed by atoms with E-state index in [0.29, 0.717) is 5.75 Å². The zero-order chi connectivity index (χ0) is 14.9. The van der Waals surface area contributed by atoms with Gasteiger partial charge >= 0.3 is 10.2 Å². The fraction of sp³-hybridized carbons (Fsp3) is 0.462. The number of benzene rings is 1. The average molecular weight is 301 g/mol. The van der Waals surface area contributed by atoms with Crippen LogP contribution in [0.25, 0.3) is 0 Å². The largest absolute Gasteiger partial charge is 0.497 e. The molecule has 1 saturated heterocycles. The lowest BCUT2D eigenvalue weighted by Gasteiger charge is -2.25. The molecular formula is C13H16FNO4S. The molecule has 0 saturated carbocycles. The Morgan fingerprint density at radius 2 is 2.15 bits per heavy atom. The molecule has 0 radical (unpaired) electrons. The molecule has 0 N–H and O–H groups in total. The highest BCUT2D eigenvalue weighted by Gasteiger charge is 2.40. The molecule has 7 heteroatoms. The van der Waals surface area contributed by atoms with E-state index in [0.717, 1.165) is 5.56 Å². The fourth-order valence-corrected chi connectivity index (χ4v) is 3.02. The normalized spacial score (nSPS) is 21.1. The topological polar surface area (TPSA) is 63.7 Å². The highest BCUT2D eigenvalue weighted by atomic mass is 32.3. The minimum atomic E-state index is -4.68. The van der Waals surface area contributed by atoms with Crippen molar-refractivity contribution in [1.29, 1.82) is 0 Å². The van der Waals surface area contributed by atoms with Gasteiger partial charge in [-0.2, -0.15) is 8.42 Å². The maximum absolute atomic E-state index is 13.0. The minimum Gasteiger partial charge on any atom is -0.497 e. The number of amides is 1. The zero-order valence-electron chi connectivity index (χ0n) is 11.2. The van der Waals surface area contributed by atoms with Crippen LogP contribution in [-0.4, -0.2) is 38.1 Å². The predicted molar refractivity (Wildman–Crippen MR) is 71.6 cm³/mol. The summed E-state index contributed by atoms with van der Waals surface area (Å²) in [5.41, 5.74) is 0.814. The molecule has 2 atom stereocenters. The van der Waals surface area contributed by atoms with Gasteiger partial charge in [0.15, 0.2) is 0 Å². The van der Waals surface area contributed by atoms with Crippen molar-refractivity contribution in [3.8, 4) is 5.75 Å². The minimum absolute atomic E-state index is 0.115. The number of likely N-dealkylation sites (tertiary alicyclic amines) is 1. The monoisotopic (exact) mass is 301 g/mol. The molecule has 1 amide bonds. The molecule has 1 aliphatic heterocycles. The molecule has 2 rings (SSSR count). The number of nitrogens with zero attached hydrogens (tertiary/aromatic N) is 1. The summed E-state index contributed by atoms with van der Waals surface area (Å²) in [5.74, 6) is 0.294. The molecule has 1 aromatic carbocycles. The molecule has 0 aliphatic carbocycles. The van der Waals surface area contributed by atoms with Gasteiger partial charge in [-0.25, -0.2) is 0 Å². The molecule has 20 heavy (non-hydrogen) atoms. The average Bonchev–Trinajstić information content (AvgIpc) is 2.80. The summed E-state index contributed by atoms with van der Waals surface area (Å²) in [6.45, 7) is 1.66. The van der Waals surface area contributed by atoms with Gasteiger partial charge < -0.3 is 9.64 Å². The van der Waals surface area contributed by atoms with E-state index in [4.69, 9.17) is 4.74 Å². The molecule has 0 spiro atoms. The van der Waals surface area contributed by atoms with E-state index in [-0.39, 0.29) is 24.9 Å². The van der Waals surface area contributed by atoms with Gasteiger partial charge in [0.1, 0.15) is 11.0 Å². The first-order valence-corrected chi connectivity index (χ1v) is 7.64. The van der Waals surface area contributed by atoms with Crippen molar-refractivity contribution in [1.82, 2.24) is 4.90 Å². The van der Waals surface area contributed by atoms with Gasteiger partial charge in [0.2, 0.25) is 5.91 Å². The van der Waals surface area contributed by atoms with Gasteiger partial charge in [0, 0.05) is 13.0 Å². The summed E-state index contributed by atoms with van der Waals surface area (Å²) in [6, 6.07) is 6.82. The number of carbonyl (C=O) groups excluding carboxylic acids is 1. The van der Waals surface area contributed by atoms with Crippen molar-refractivity contribution < 1.29 is 21.8 Å². The van der Waals surface area contributed by atoms with Crippen molar-refractivity contribution in [2.24, 2.45) is 0 Å². The second-order valence-electron chi connectivity index (χ2n) is 4.80. The second-order valence-corrected chi connectivity index (χ2v) is 6.42. The van der Waals surface area contributed by atoms with Crippen molar-refractivity contribution in [2.45, 2.75) is 24.6 Å². The maximum Gasteiger partial charge on any atom is 0.307 e. The van der Waals surface area contributed by atoms with E-state index in [1.54, 1.807) is 25.1 Å². The van der Waals surface area contributed by atoms with Crippen LogP contribution in [0.4, 0.5) is 3.89 Å². The summed E-state index contributed by atoms with van der Waals surface area (Å²) in [5, 5.41) is -1.26. The Kier molecular flexibility index (Phi) is 3.99.